The van der Waals surface area contributed by atoms with Crippen molar-refractivity contribution in [2.45, 2.75) is 95.4 Å². The summed E-state index contributed by atoms with van der Waals surface area (Å²) in [5.74, 6) is 0.928. The molecule has 2 N–H and O–H groups in total. The highest BCUT2D eigenvalue weighted by molar-refractivity contribution is 4.88. The largest absolute Gasteiger partial charge is 0.392 e. The van der Waals surface area contributed by atoms with E-state index in [4.69, 9.17) is 0 Å². The van der Waals surface area contributed by atoms with Gasteiger partial charge >= 0.3 is 0 Å². The number of hydrogen-bond donors (Lipinski definition) is 2. The number of aliphatic hydroxyl groups excluding tert-OH is 1. The predicted octanol–water partition coefficient (Wildman–Crippen LogP) is 2.92. The highest BCUT2D eigenvalue weighted by atomic mass is 16.3. The minimum Gasteiger partial charge on any atom is -0.392 e. The Balaban J connectivity index is 1.42. The Bertz CT molecular complexity index is 314. The Hall–Kier alpha value is -0.120. The molecular weight excluding hydrogens is 260 g/mol. The highest BCUT2D eigenvalue weighted by Gasteiger charge is 2.30. The normalized spacial score (nSPS) is 40.3. The van der Waals surface area contributed by atoms with Crippen molar-refractivity contribution in [3.05, 3.63) is 0 Å². The quantitative estimate of drug-likeness (QED) is 0.840. The molecule has 1 heterocycles. The molecule has 0 amide bonds. The molecule has 1 saturated heterocycles. The van der Waals surface area contributed by atoms with Crippen molar-refractivity contribution in [2.24, 2.45) is 5.92 Å². The van der Waals surface area contributed by atoms with Gasteiger partial charge in [-0.1, -0.05) is 32.6 Å². The van der Waals surface area contributed by atoms with Gasteiger partial charge in [0.2, 0.25) is 0 Å². The first-order valence-electron chi connectivity index (χ1n) is 9.40. The highest BCUT2D eigenvalue weighted by Crippen LogP contribution is 2.29. The molecule has 3 heteroatoms. The number of piperidine rings is 1. The van der Waals surface area contributed by atoms with Crippen LogP contribution in [0.5, 0.6) is 0 Å². The van der Waals surface area contributed by atoms with Crippen molar-refractivity contribution in [3.8, 4) is 0 Å². The topological polar surface area (TPSA) is 35.5 Å². The van der Waals surface area contributed by atoms with E-state index in [-0.39, 0.29) is 6.10 Å². The van der Waals surface area contributed by atoms with E-state index in [1.807, 2.05) is 0 Å². The van der Waals surface area contributed by atoms with Gasteiger partial charge in [0.05, 0.1) is 6.10 Å². The second-order valence-electron chi connectivity index (χ2n) is 7.86. The van der Waals surface area contributed by atoms with Crippen LogP contribution in [0.4, 0.5) is 0 Å². The number of aliphatic hydroxyl groups is 1. The Morgan fingerprint density at radius 1 is 0.905 bits per heavy atom. The lowest BCUT2D eigenvalue weighted by molar-refractivity contribution is 0.0644. The van der Waals surface area contributed by atoms with Crippen LogP contribution in [0.25, 0.3) is 0 Å². The Morgan fingerprint density at radius 3 is 2.38 bits per heavy atom. The van der Waals surface area contributed by atoms with Crippen LogP contribution in [-0.4, -0.2) is 47.3 Å². The number of rotatable bonds is 3. The minimum absolute atomic E-state index is 0.101. The van der Waals surface area contributed by atoms with Crippen LogP contribution in [0.15, 0.2) is 0 Å². The van der Waals surface area contributed by atoms with Crippen molar-refractivity contribution >= 4 is 0 Å². The number of hydrogen-bond acceptors (Lipinski definition) is 3. The van der Waals surface area contributed by atoms with Gasteiger partial charge in [-0.05, 0) is 57.5 Å². The fraction of sp³-hybridized carbons (Fsp3) is 1.00. The van der Waals surface area contributed by atoms with E-state index in [1.165, 1.54) is 70.9 Å². The lowest BCUT2D eigenvalue weighted by Gasteiger charge is -2.42. The van der Waals surface area contributed by atoms with E-state index < -0.39 is 0 Å². The molecule has 0 bridgehead atoms. The van der Waals surface area contributed by atoms with Gasteiger partial charge < -0.3 is 15.3 Å². The molecule has 1 aliphatic heterocycles. The van der Waals surface area contributed by atoms with Gasteiger partial charge in [-0.15, -0.1) is 0 Å². The molecule has 3 aliphatic rings. The lowest BCUT2D eigenvalue weighted by Crippen LogP contribution is -2.52. The first-order valence-corrected chi connectivity index (χ1v) is 9.40. The Kier molecular flexibility index (Phi) is 5.58. The van der Waals surface area contributed by atoms with Gasteiger partial charge in [0.25, 0.3) is 0 Å². The van der Waals surface area contributed by atoms with Crippen molar-refractivity contribution in [3.63, 3.8) is 0 Å². The Morgan fingerprint density at radius 2 is 1.67 bits per heavy atom. The maximum Gasteiger partial charge on any atom is 0.0693 e. The summed E-state index contributed by atoms with van der Waals surface area (Å²) in [5.41, 5.74) is 0. The maximum absolute atomic E-state index is 10.1. The Labute approximate surface area is 130 Å². The molecule has 3 nitrogen and oxygen atoms in total. The molecule has 2 aliphatic carbocycles. The summed E-state index contributed by atoms with van der Waals surface area (Å²) < 4.78 is 0. The van der Waals surface area contributed by atoms with Crippen LogP contribution in [0.3, 0.4) is 0 Å². The molecule has 122 valence electrons. The zero-order valence-corrected chi connectivity index (χ0v) is 13.8. The molecule has 4 unspecified atom stereocenters. The van der Waals surface area contributed by atoms with Crippen LogP contribution in [0.2, 0.25) is 0 Å². The van der Waals surface area contributed by atoms with Gasteiger partial charge in [-0.3, -0.25) is 0 Å². The lowest BCUT2D eigenvalue weighted by atomic mass is 9.85. The van der Waals surface area contributed by atoms with Gasteiger partial charge in [0.1, 0.15) is 0 Å². The zero-order valence-electron chi connectivity index (χ0n) is 13.8. The second-order valence-corrected chi connectivity index (χ2v) is 7.86. The van der Waals surface area contributed by atoms with Gasteiger partial charge in [-0.25, -0.2) is 0 Å². The first-order chi connectivity index (χ1) is 10.2. The fourth-order valence-electron chi connectivity index (χ4n) is 4.77. The molecule has 21 heavy (non-hydrogen) atoms. The van der Waals surface area contributed by atoms with E-state index in [2.05, 4.69) is 17.1 Å². The van der Waals surface area contributed by atoms with Crippen molar-refractivity contribution < 1.29 is 5.11 Å². The van der Waals surface area contributed by atoms with Gasteiger partial charge in [0, 0.05) is 18.1 Å². The summed E-state index contributed by atoms with van der Waals surface area (Å²) in [7, 11) is 0. The summed E-state index contributed by atoms with van der Waals surface area (Å²) in [5, 5.41) is 13.9. The molecule has 0 aromatic heterocycles. The molecule has 4 atom stereocenters. The zero-order chi connectivity index (χ0) is 14.7. The van der Waals surface area contributed by atoms with E-state index in [1.54, 1.807) is 0 Å². The third-order valence-electron chi connectivity index (χ3n) is 6.13. The van der Waals surface area contributed by atoms with Crippen LogP contribution in [0, 0.1) is 5.92 Å². The SMILES string of the molecule is CC1CCCC(N2CCC(NC3CCCCC3O)CC2)C1. The number of likely N-dealkylation sites (tertiary alicyclic amines) is 1. The summed E-state index contributed by atoms with van der Waals surface area (Å²) in [4.78, 5) is 2.76. The predicted molar refractivity (Wildman–Crippen MR) is 87.4 cm³/mol. The van der Waals surface area contributed by atoms with Crippen LogP contribution < -0.4 is 5.32 Å². The molecule has 0 radical (unpaired) electrons. The van der Waals surface area contributed by atoms with E-state index in [0.29, 0.717) is 12.1 Å². The summed E-state index contributed by atoms with van der Waals surface area (Å²) in [6, 6.07) is 1.86. The van der Waals surface area contributed by atoms with Crippen molar-refractivity contribution in [1.82, 2.24) is 10.2 Å². The third-order valence-corrected chi connectivity index (χ3v) is 6.13. The van der Waals surface area contributed by atoms with E-state index >= 15 is 0 Å². The average molecular weight is 294 g/mol. The fourth-order valence-corrected chi connectivity index (χ4v) is 4.77. The number of nitrogens with one attached hydrogen (secondary N) is 1. The van der Waals surface area contributed by atoms with Gasteiger partial charge in [0.15, 0.2) is 0 Å². The minimum atomic E-state index is -0.101. The molecular formula is C18H34N2O. The van der Waals surface area contributed by atoms with E-state index in [0.717, 1.165) is 18.4 Å². The maximum atomic E-state index is 10.1. The van der Waals surface area contributed by atoms with Crippen molar-refractivity contribution in [2.75, 3.05) is 13.1 Å². The molecule has 0 aromatic rings. The van der Waals surface area contributed by atoms with Crippen LogP contribution >= 0.6 is 0 Å². The summed E-state index contributed by atoms with van der Waals surface area (Å²) in [6.45, 7) is 4.95. The third kappa shape index (κ3) is 4.20. The van der Waals surface area contributed by atoms with E-state index in [9.17, 15) is 5.11 Å². The second kappa shape index (κ2) is 7.43. The standard InChI is InChI=1S/C18H34N2O/c1-14-5-4-6-16(13-14)20-11-9-15(10-12-20)19-17-7-2-3-8-18(17)21/h14-19,21H,2-13H2,1H3. The molecule has 2 saturated carbocycles. The van der Waals surface area contributed by atoms with Crippen molar-refractivity contribution in [1.29, 1.82) is 0 Å². The molecule has 0 aromatic carbocycles. The average Bonchev–Trinajstić information content (AvgIpc) is 2.50. The smallest absolute Gasteiger partial charge is 0.0693 e. The monoisotopic (exact) mass is 294 g/mol. The first kappa shape index (κ1) is 15.8. The summed E-state index contributed by atoms with van der Waals surface area (Å²) >= 11 is 0. The molecule has 0 spiro atoms. The van der Waals surface area contributed by atoms with Gasteiger partial charge in [-0.2, -0.15) is 0 Å². The summed E-state index contributed by atoms with van der Waals surface area (Å²) in [6.07, 6.45) is 12.8. The molecule has 3 fully saturated rings. The van der Waals surface area contributed by atoms with Crippen LogP contribution in [0.1, 0.15) is 71.1 Å². The molecule has 3 rings (SSSR count). The number of nitrogens with zero attached hydrogens (tertiary/aromatic N) is 1. The van der Waals surface area contributed by atoms with Crippen LogP contribution in [-0.2, 0) is 0 Å².